The molecule has 0 saturated carbocycles. The van der Waals surface area contributed by atoms with Crippen LogP contribution in [0.4, 0.5) is 4.39 Å². The van der Waals surface area contributed by atoms with Crippen molar-refractivity contribution in [3.8, 4) is 0 Å². The molecule has 17 heavy (non-hydrogen) atoms. The lowest BCUT2D eigenvalue weighted by Gasteiger charge is -2.24. The monoisotopic (exact) mass is 301 g/mol. The van der Waals surface area contributed by atoms with Gasteiger partial charge in [-0.3, -0.25) is 4.79 Å². The first-order chi connectivity index (χ1) is 7.94. The maximum atomic E-state index is 13.3. The summed E-state index contributed by atoms with van der Waals surface area (Å²) in [5.74, 6) is -0.296. The Kier molecular flexibility index (Phi) is 4.83. The van der Waals surface area contributed by atoms with Gasteiger partial charge in [-0.1, -0.05) is 26.0 Å². The van der Waals surface area contributed by atoms with Crippen LogP contribution in [0.1, 0.15) is 25.8 Å². The van der Waals surface area contributed by atoms with E-state index in [1.54, 1.807) is 12.1 Å². The van der Waals surface area contributed by atoms with Crippen LogP contribution in [-0.4, -0.2) is 12.3 Å². The molecule has 0 aliphatic rings. The maximum absolute atomic E-state index is 13.3. The molecule has 2 N–H and O–H groups in total. The number of nitrogens with two attached hydrogens (primary N) is 1. The highest BCUT2D eigenvalue weighted by atomic mass is 79.9. The number of carbonyl (C=O) groups is 1. The third-order valence-corrected chi connectivity index (χ3v) is 4.17. The lowest BCUT2D eigenvalue weighted by molar-refractivity contribution is -0.126. The second kappa shape index (κ2) is 5.74. The van der Waals surface area contributed by atoms with E-state index in [1.807, 2.05) is 13.8 Å². The van der Waals surface area contributed by atoms with Gasteiger partial charge in [-0.05, 0) is 34.0 Å². The van der Waals surface area contributed by atoms with Gasteiger partial charge in [-0.15, -0.1) is 0 Å². The van der Waals surface area contributed by atoms with E-state index < -0.39 is 5.41 Å². The zero-order valence-electron chi connectivity index (χ0n) is 10.1. The van der Waals surface area contributed by atoms with Gasteiger partial charge in [-0.2, -0.15) is 0 Å². The summed E-state index contributed by atoms with van der Waals surface area (Å²) in [6, 6.07) is 4.71. The molecule has 0 heterocycles. The molecule has 0 aliphatic carbocycles. The van der Waals surface area contributed by atoms with Gasteiger partial charge >= 0.3 is 0 Å². The van der Waals surface area contributed by atoms with Crippen LogP contribution in [0.2, 0.25) is 0 Å². The highest BCUT2D eigenvalue weighted by Gasteiger charge is 2.29. The van der Waals surface area contributed by atoms with E-state index in [-0.39, 0.29) is 18.0 Å². The summed E-state index contributed by atoms with van der Waals surface area (Å²) in [5, 5.41) is 0. The molecule has 0 amide bonds. The molecule has 0 aliphatic heterocycles. The largest absolute Gasteiger partial charge is 0.329 e. The van der Waals surface area contributed by atoms with Crippen LogP contribution in [0.25, 0.3) is 0 Å². The first-order valence-corrected chi connectivity index (χ1v) is 6.40. The SMILES string of the molecule is CCC(C)(CN)C(=O)Cc1cccc(F)c1Br. The van der Waals surface area contributed by atoms with Gasteiger partial charge in [0.1, 0.15) is 11.6 Å². The minimum Gasteiger partial charge on any atom is -0.329 e. The molecule has 1 aromatic carbocycles. The van der Waals surface area contributed by atoms with E-state index in [2.05, 4.69) is 15.9 Å². The Morgan fingerprint density at radius 1 is 1.53 bits per heavy atom. The van der Waals surface area contributed by atoms with Crippen LogP contribution in [0.3, 0.4) is 0 Å². The van der Waals surface area contributed by atoms with Crippen molar-refractivity contribution in [2.45, 2.75) is 26.7 Å². The van der Waals surface area contributed by atoms with E-state index in [1.165, 1.54) is 6.07 Å². The fraction of sp³-hybridized carbons (Fsp3) is 0.462. The number of hydrogen-bond donors (Lipinski definition) is 1. The molecule has 2 nitrogen and oxygen atoms in total. The standard InChI is InChI=1S/C13H17BrFNO/c1-3-13(2,8-16)11(17)7-9-5-4-6-10(15)12(9)14/h4-6H,3,7-8,16H2,1-2H3. The van der Waals surface area contributed by atoms with E-state index in [4.69, 9.17) is 5.73 Å². The molecular weight excluding hydrogens is 285 g/mol. The fourth-order valence-electron chi connectivity index (χ4n) is 1.53. The van der Waals surface area contributed by atoms with Gasteiger partial charge in [0.05, 0.1) is 4.47 Å². The zero-order valence-corrected chi connectivity index (χ0v) is 11.7. The van der Waals surface area contributed by atoms with Gasteiger partial charge < -0.3 is 5.73 Å². The summed E-state index contributed by atoms with van der Waals surface area (Å²) in [5.41, 5.74) is 5.78. The Balaban J connectivity index is 2.92. The Morgan fingerprint density at radius 3 is 2.71 bits per heavy atom. The lowest BCUT2D eigenvalue weighted by Crippen LogP contribution is -2.36. The number of hydrogen-bond acceptors (Lipinski definition) is 2. The van der Waals surface area contributed by atoms with Crippen LogP contribution in [0, 0.1) is 11.2 Å². The maximum Gasteiger partial charge on any atom is 0.144 e. The predicted molar refractivity (Wildman–Crippen MR) is 70.3 cm³/mol. The summed E-state index contributed by atoms with van der Waals surface area (Å²) in [6.07, 6.45) is 0.898. The second-order valence-electron chi connectivity index (χ2n) is 4.43. The Bertz CT molecular complexity index is 416. The predicted octanol–water partition coefficient (Wildman–Crippen LogP) is 3.07. The molecule has 0 saturated heterocycles. The smallest absolute Gasteiger partial charge is 0.144 e. The van der Waals surface area contributed by atoms with Gasteiger partial charge in [0.2, 0.25) is 0 Å². The van der Waals surface area contributed by atoms with Crippen LogP contribution in [0.15, 0.2) is 22.7 Å². The molecule has 0 aromatic heterocycles. The topological polar surface area (TPSA) is 43.1 Å². The number of halogens is 2. The zero-order chi connectivity index (χ0) is 13.1. The molecule has 1 aromatic rings. The normalized spacial score (nSPS) is 14.4. The number of carbonyl (C=O) groups excluding carboxylic acids is 1. The number of benzene rings is 1. The van der Waals surface area contributed by atoms with E-state index in [0.29, 0.717) is 23.0 Å². The highest BCUT2D eigenvalue weighted by molar-refractivity contribution is 9.10. The van der Waals surface area contributed by atoms with Crippen molar-refractivity contribution >= 4 is 21.7 Å². The molecule has 1 rings (SSSR count). The quantitative estimate of drug-likeness (QED) is 0.908. The van der Waals surface area contributed by atoms with Gasteiger partial charge in [-0.25, -0.2) is 4.39 Å². The van der Waals surface area contributed by atoms with E-state index in [9.17, 15) is 9.18 Å². The van der Waals surface area contributed by atoms with Crippen LogP contribution < -0.4 is 5.73 Å². The van der Waals surface area contributed by atoms with Gasteiger partial charge in [0.15, 0.2) is 0 Å². The molecule has 1 atom stereocenters. The third-order valence-electron chi connectivity index (χ3n) is 3.29. The first kappa shape index (κ1) is 14.3. The number of Topliss-reactive ketones (excluding diaryl/α,β-unsaturated/α-hetero) is 1. The minimum atomic E-state index is -0.522. The van der Waals surface area contributed by atoms with Crippen molar-refractivity contribution in [1.82, 2.24) is 0 Å². The summed E-state index contributed by atoms with van der Waals surface area (Å²) >= 11 is 3.16. The van der Waals surface area contributed by atoms with Crippen LogP contribution in [0.5, 0.6) is 0 Å². The van der Waals surface area contributed by atoms with Crippen molar-refractivity contribution in [3.05, 3.63) is 34.1 Å². The van der Waals surface area contributed by atoms with Crippen molar-refractivity contribution in [3.63, 3.8) is 0 Å². The molecule has 94 valence electrons. The van der Waals surface area contributed by atoms with Crippen LogP contribution in [-0.2, 0) is 11.2 Å². The highest BCUT2D eigenvalue weighted by Crippen LogP contribution is 2.26. The average Bonchev–Trinajstić information content (AvgIpc) is 2.33. The summed E-state index contributed by atoms with van der Waals surface area (Å²) in [6.45, 7) is 4.10. The van der Waals surface area contributed by atoms with Crippen LogP contribution >= 0.6 is 15.9 Å². The summed E-state index contributed by atoms with van der Waals surface area (Å²) < 4.78 is 13.7. The fourth-order valence-corrected chi connectivity index (χ4v) is 1.93. The minimum absolute atomic E-state index is 0.0498. The first-order valence-electron chi connectivity index (χ1n) is 5.61. The third kappa shape index (κ3) is 3.13. The van der Waals surface area contributed by atoms with Crippen molar-refractivity contribution < 1.29 is 9.18 Å². The van der Waals surface area contributed by atoms with Crippen molar-refractivity contribution in [2.75, 3.05) is 6.54 Å². The van der Waals surface area contributed by atoms with Crippen molar-refractivity contribution in [1.29, 1.82) is 0 Å². The molecule has 0 fully saturated rings. The molecular formula is C13H17BrFNO. The summed E-state index contributed by atoms with van der Waals surface area (Å²) in [4.78, 5) is 12.1. The lowest BCUT2D eigenvalue weighted by atomic mass is 9.80. The van der Waals surface area contributed by atoms with Gasteiger partial charge in [0, 0.05) is 18.4 Å². The second-order valence-corrected chi connectivity index (χ2v) is 5.22. The van der Waals surface area contributed by atoms with E-state index >= 15 is 0 Å². The molecule has 0 spiro atoms. The molecule has 4 heteroatoms. The van der Waals surface area contributed by atoms with Gasteiger partial charge in [0.25, 0.3) is 0 Å². The summed E-state index contributed by atoms with van der Waals surface area (Å²) in [7, 11) is 0. The Hall–Kier alpha value is -0.740. The average molecular weight is 302 g/mol. The Morgan fingerprint density at radius 2 is 2.18 bits per heavy atom. The Labute approximate surface area is 110 Å². The molecule has 0 radical (unpaired) electrons. The number of rotatable bonds is 5. The molecule has 0 bridgehead atoms. The van der Waals surface area contributed by atoms with Crippen molar-refractivity contribution in [2.24, 2.45) is 11.1 Å². The molecule has 1 unspecified atom stereocenters. The number of ketones is 1. The van der Waals surface area contributed by atoms with E-state index in [0.717, 1.165) is 0 Å².